The number of amides is 1. The van der Waals surface area contributed by atoms with Crippen molar-refractivity contribution in [3.63, 3.8) is 0 Å². The Bertz CT molecular complexity index is 733. The molecule has 162 valence electrons. The van der Waals surface area contributed by atoms with E-state index in [1.54, 1.807) is 0 Å². The second-order valence-electron chi connectivity index (χ2n) is 6.58. The van der Waals surface area contributed by atoms with E-state index in [9.17, 15) is 31.1 Å². The Labute approximate surface area is 165 Å². The van der Waals surface area contributed by atoms with Gasteiger partial charge in [0.05, 0.1) is 17.2 Å². The molecule has 1 unspecified atom stereocenters. The SMILES string of the molecule is CCCN(CCC)C(=O)C(C)N(CC(F)(F)F)c1ccc(C#N)c(C(F)(F)F)c1. The quantitative estimate of drug-likeness (QED) is 0.554. The highest BCUT2D eigenvalue weighted by atomic mass is 19.4. The van der Waals surface area contributed by atoms with Crippen molar-refractivity contribution in [1.82, 2.24) is 4.90 Å². The normalized spacial score (nSPS) is 13.0. The molecule has 1 aromatic carbocycles. The number of rotatable bonds is 8. The van der Waals surface area contributed by atoms with Gasteiger partial charge in [-0.05, 0) is 38.0 Å². The van der Waals surface area contributed by atoms with Gasteiger partial charge in [0, 0.05) is 18.8 Å². The molecule has 1 aromatic rings. The molecule has 0 spiro atoms. The van der Waals surface area contributed by atoms with Crippen LogP contribution >= 0.6 is 0 Å². The van der Waals surface area contributed by atoms with Crippen molar-refractivity contribution in [2.45, 2.75) is 52.0 Å². The Morgan fingerprint density at radius 2 is 1.66 bits per heavy atom. The van der Waals surface area contributed by atoms with Crippen LogP contribution in [-0.4, -0.2) is 42.7 Å². The lowest BCUT2D eigenvalue weighted by Crippen LogP contribution is -2.50. The van der Waals surface area contributed by atoms with Gasteiger partial charge in [-0.25, -0.2) is 0 Å². The summed E-state index contributed by atoms with van der Waals surface area (Å²) in [6, 6.07) is 2.33. The van der Waals surface area contributed by atoms with E-state index in [-0.39, 0.29) is 0 Å². The third kappa shape index (κ3) is 6.84. The van der Waals surface area contributed by atoms with E-state index in [1.165, 1.54) is 17.9 Å². The molecule has 4 nitrogen and oxygen atoms in total. The molecule has 1 amide bonds. The van der Waals surface area contributed by atoms with Gasteiger partial charge in [0.2, 0.25) is 5.91 Å². The number of alkyl halides is 6. The summed E-state index contributed by atoms with van der Waals surface area (Å²) in [6.07, 6.45) is -8.49. The van der Waals surface area contributed by atoms with Gasteiger partial charge in [-0.15, -0.1) is 0 Å². The third-order valence-corrected chi connectivity index (χ3v) is 4.23. The number of halogens is 6. The van der Waals surface area contributed by atoms with E-state index in [0.717, 1.165) is 12.1 Å². The number of hydrogen-bond acceptors (Lipinski definition) is 3. The fraction of sp³-hybridized carbons (Fsp3) is 0.579. The molecule has 0 heterocycles. The summed E-state index contributed by atoms with van der Waals surface area (Å²) < 4.78 is 79.2. The number of hydrogen-bond donors (Lipinski definition) is 0. The monoisotopic (exact) mass is 423 g/mol. The van der Waals surface area contributed by atoms with E-state index in [1.807, 2.05) is 13.8 Å². The predicted octanol–water partition coefficient (Wildman–Crippen LogP) is 4.98. The molecule has 0 radical (unpaired) electrons. The van der Waals surface area contributed by atoms with Crippen molar-refractivity contribution in [3.05, 3.63) is 29.3 Å². The minimum atomic E-state index is -4.92. The first-order valence-corrected chi connectivity index (χ1v) is 9.09. The molecule has 0 N–H and O–H groups in total. The Morgan fingerprint density at radius 1 is 1.10 bits per heavy atom. The molecule has 0 aliphatic rings. The summed E-state index contributed by atoms with van der Waals surface area (Å²) in [5, 5.41) is 8.88. The molecule has 0 aliphatic carbocycles. The molecule has 1 rings (SSSR count). The molecular weight excluding hydrogens is 400 g/mol. The Kier molecular flexibility index (Phi) is 8.36. The molecule has 1 atom stereocenters. The van der Waals surface area contributed by atoms with Crippen molar-refractivity contribution in [2.75, 3.05) is 24.5 Å². The van der Waals surface area contributed by atoms with Crippen molar-refractivity contribution < 1.29 is 31.1 Å². The highest BCUT2D eigenvalue weighted by Gasteiger charge is 2.38. The lowest BCUT2D eigenvalue weighted by Gasteiger charge is -2.35. The number of carbonyl (C=O) groups is 1. The lowest BCUT2D eigenvalue weighted by molar-refractivity contribution is -0.137. The van der Waals surface area contributed by atoms with E-state index < -0.39 is 47.7 Å². The molecule has 0 saturated heterocycles. The summed E-state index contributed by atoms with van der Waals surface area (Å²) in [7, 11) is 0. The molecular formula is C19H23F6N3O. The Morgan fingerprint density at radius 3 is 2.07 bits per heavy atom. The van der Waals surface area contributed by atoms with Crippen LogP contribution in [0.5, 0.6) is 0 Å². The van der Waals surface area contributed by atoms with Gasteiger partial charge in [0.25, 0.3) is 0 Å². The van der Waals surface area contributed by atoms with Crippen LogP contribution in [0.1, 0.15) is 44.7 Å². The average Bonchev–Trinajstić information content (AvgIpc) is 2.63. The number of nitrogens with zero attached hydrogens (tertiary/aromatic N) is 3. The van der Waals surface area contributed by atoms with Crippen LogP contribution in [0.25, 0.3) is 0 Å². The first-order valence-electron chi connectivity index (χ1n) is 9.09. The third-order valence-electron chi connectivity index (χ3n) is 4.23. The summed E-state index contributed by atoms with van der Waals surface area (Å²) in [5.41, 5.74) is -2.48. The van der Waals surface area contributed by atoms with Crippen LogP contribution in [0, 0.1) is 11.3 Å². The van der Waals surface area contributed by atoms with Gasteiger partial charge in [-0.3, -0.25) is 4.79 Å². The van der Waals surface area contributed by atoms with Gasteiger partial charge in [-0.1, -0.05) is 13.8 Å². The maximum atomic E-state index is 13.2. The molecule has 0 bridgehead atoms. The molecule has 0 aliphatic heterocycles. The molecule has 29 heavy (non-hydrogen) atoms. The van der Waals surface area contributed by atoms with Gasteiger partial charge in [0.15, 0.2) is 0 Å². The van der Waals surface area contributed by atoms with Crippen molar-refractivity contribution in [2.24, 2.45) is 0 Å². The van der Waals surface area contributed by atoms with E-state index >= 15 is 0 Å². The smallest absolute Gasteiger partial charge is 0.351 e. The zero-order valence-corrected chi connectivity index (χ0v) is 16.4. The van der Waals surface area contributed by atoms with Crippen LogP contribution in [0.3, 0.4) is 0 Å². The summed E-state index contributed by atoms with van der Waals surface area (Å²) in [4.78, 5) is 14.8. The van der Waals surface area contributed by atoms with Gasteiger partial charge < -0.3 is 9.80 Å². The summed E-state index contributed by atoms with van der Waals surface area (Å²) in [6.45, 7) is 3.91. The largest absolute Gasteiger partial charge is 0.417 e. The maximum Gasteiger partial charge on any atom is 0.417 e. The van der Waals surface area contributed by atoms with Crippen molar-refractivity contribution >= 4 is 11.6 Å². The molecule has 10 heteroatoms. The minimum Gasteiger partial charge on any atom is -0.351 e. The predicted molar refractivity (Wildman–Crippen MR) is 96.2 cm³/mol. The van der Waals surface area contributed by atoms with Crippen LogP contribution in [0.15, 0.2) is 18.2 Å². The summed E-state index contributed by atoms with van der Waals surface area (Å²) >= 11 is 0. The molecule has 0 saturated carbocycles. The topological polar surface area (TPSA) is 47.3 Å². The fourth-order valence-corrected chi connectivity index (χ4v) is 2.96. The number of nitriles is 1. The van der Waals surface area contributed by atoms with E-state index in [0.29, 0.717) is 36.9 Å². The zero-order valence-electron chi connectivity index (χ0n) is 16.4. The maximum absolute atomic E-state index is 13.2. The number of carbonyl (C=O) groups excluding carboxylic acids is 1. The van der Waals surface area contributed by atoms with E-state index in [2.05, 4.69) is 0 Å². The number of benzene rings is 1. The van der Waals surface area contributed by atoms with E-state index in [4.69, 9.17) is 5.26 Å². The van der Waals surface area contributed by atoms with Gasteiger partial charge in [-0.2, -0.15) is 31.6 Å². The summed E-state index contributed by atoms with van der Waals surface area (Å²) in [5.74, 6) is -0.601. The first kappa shape index (κ1) is 24.6. The molecule has 0 aromatic heterocycles. The highest BCUT2D eigenvalue weighted by Crippen LogP contribution is 2.35. The Balaban J connectivity index is 3.43. The van der Waals surface area contributed by atoms with Gasteiger partial charge >= 0.3 is 12.4 Å². The highest BCUT2D eigenvalue weighted by molar-refractivity contribution is 5.85. The molecule has 0 fully saturated rings. The van der Waals surface area contributed by atoms with Crippen LogP contribution in [0.4, 0.5) is 32.0 Å². The fourth-order valence-electron chi connectivity index (χ4n) is 2.96. The standard InChI is InChI=1S/C19H23F6N3O/c1-4-8-27(9-5-2)17(29)13(3)28(12-18(20,21)22)15-7-6-14(11-26)16(10-15)19(23,24)25/h6-7,10,13H,4-5,8-9,12H2,1-3H3. The zero-order chi connectivity index (χ0) is 22.4. The van der Waals surface area contributed by atoms with Crippen LogP contribution in [-0.2, 0) is 11.0 Å². The van der Waals surface area contributed by atoms with Crippen LogP contribution in [0.2, 0.25) is 0 Å². The average molecular weight is 423 g/mol. The second kappa shape index (κ2) is 9.85. The van der Waals surface area contributed by atoms with Gasteiger partial charge in [0.1, 0.15) is 12.6 Å². The van der Waals surface area contributed by atoms with Crippen molar-refractivity contribution in [1.29, 1.82) is 5.26 Å². The van der Waals surface area contributed by atoms with Crippen molar-refractivity contribution in [3.8, 4) is 6.07 Å². The minimum absolute atomic E-state index is 0.331. The Hall–Kier alpha value is -2.44. The van der Waals surface area contributed by atoms with Crippen LogP contribution < -0.4 is 4.90 Å². The second-order valence-corrected chi connectivity index (χ2v) is 6.58. The number of anilines is 1. The first-order chi connectivity index (χ1) is 13.4. The lowest BCUT2D eigenvalue weighted by atomic mass is 10.1.